The van der Waals surface area contributed by atoms with Crippen molar-refractivity contribution in [2.75, 3.05) is 13.6 Å². The van der Waals surface area contributed by atoms with Crippen molar-refractivity contribution in [3.05, 3.63) is 24.4 Å². The fourth-order valence-electron chi connectivity index (χ4n) is 5.04. The van der Waals surface area contributed by atoms with Crippen molar-refractivity contribution in [3.8, 4) is 0 Å². The van der Waals surface area contributed by atoms with Gasteiger partial charge in [-0.05, 0) is 24.3 Å². The zero-order valence-corrected chi connectivity index (χ0v) is 26.7. The van der Waals surface area contributed by atoms with Crippen LogP contribution in [0.2, 0.25) is 0 Å². The zero-order chi connectivity index (χ0) is 32.5. The number of nitrogens with zero attached hydrogens (tertiary/aromatic N) is 1. The standard InChI is InChI=1S/C32H54N4O7/c1-21(2)16-14-12-10-8-7-9-11-13-15-17-22(3)29-24(5)31(41)34-23(4)18-19-26(38)36(6)20-25(37)35-27(32(42)43-29)28(39)30(33)40/h18-19,21-22,24,27-29,39H,4,7-17,20H2,1-3,5-6H3,(H2,33,40)(H,34,41)(H,35,37)/b19-18+/t22-,24+,27-,28-,29+/m1/s1. The van der Waals surface area contributed by atoms with E-state index in [1.165, 1.54) is 51.6 Å². The molecule has 0 aromatic rings. The monoisotopic (exact) mass is 606 g/mol. The maximum absolute atomic E-state index is 13.2. The van der Waals surface area contributed by atoms with E-state index >= 15 is 0 Å². The minimum atomic E-state index is -2.08. The molecule has 244 valence electrons. The number of unbranched alkanes of at least 4 members (excludes halogenated alkanes) is 8. The summed E-state index contributed by atoms with van der Waals surface area (Å²) in [5, 5.41) is 15.2. The van der Waals surface area contributed by atoms with Crippen molar-refractivity contribution < 1.29 is 33.8 Å². The number of ether oxygens (including phenoxy) is 1. The molecule has 1 heterocycles. The van der Waals surface area contributed by atoms with E-state index in [9.17, 15) is 29.1 Å². The van der Waals surface area contributed by atoms with E-state index < -0.39 is 60.3 Å². The van der Waals surface area contributed by atoms with Crippen LogP contribution < -0.4 is 16.4 Å². The van der Waals surface area contributed by atoms with Crippen LogP contribution in [0, 0.1) is 17.8 Å². The maximum atomic E-state index is 13.2. The lowest BCUT2D eigenvalue weighted by Gasteiger charge is -2.31. The summed E-state index contributed by atoms with van der Waals surface area (Å²) >= 11 is 0. The predicted molar refractivity (Wildman–Crippen MR) is 165 cm³/mol. The molecule has 11 heteroatoms. The molecule has 0 aromatic carbocycles. The van der Waals surface area contributed by atoms with E-state index in [1.807, 2.05) is 6.92 Å². The highest BCUT2D eigenvalue weighted by molar-refractivity contribution is 5.95. The summed E-state index contributed by atoms with van der Waals surface area (Å²) < 4.78 is 5.73. The number of hydrogen-bond donors (Lipinski definition) is 4. The number of cyclic esters (lactones) is 1. The van der Waals surface area contributed by atoms with Gasteiger partial charge in [0.15, 0.2) is 12.1 Å². The van der Waals surface area contributed by atoms with Crippen LogP contribution in [0.5, 0.6) is 0 Å². The third-order valence-electron chi connectivity index (χ3n) is 7.81. The first-order chi connectivity index (χ1) is 20.2. The maximum Gasteiger partial charge on any atom is 0.332 e. The average Bonchev–Trinajstić information content (AvgIpc) is 2.94. The molecule has 0 aromatic heterocycles. The number of primary amides is 1. The highest BCUT2D eigenvalue weighted by Gasteiger charge is 2.39. The van der Waals surface area contributed by atoms with Crippen LogP contribution in [0.1, 0.15) is 98.3 Å². The van der Waals surface area contributed by atoms with Crippen molar-refractivity contribution in [1.82, 2.24) is 15.5 Å². The van der Waals surface area contributed by atoms with Crippen molar-refractivity contribution in [2.24, 2.45) is 23.5 Å². The van der Waals surface area contributed by atoms with Gasteiger partial charge in [-0.1, -0.05) is 98.5 Å². The van der Waals surface area contributed by atoms with Crippen LogP contribution in [-0.4, -0.2) is 71.4 Å². The molecule has 0 saturated heterocycles. The Morgan fingerprint density at radius 2 is 1.53 bits per heavy atom. The molecule has 0 saturated carbocycles. The van der Waals surface area contributed by atoms with E-state index in [-0.39, 0.29) is 11.6 Å². The summed E-state index contributed by atoms with van der Waals surface area (Å²) in [6.45, 7) is 11.3. The number of esters is 1. The van der Waals surface area contributed by atoms with Gasteiger partial charge in [0.05, 0.1) is 12.5 Å². The van der Waals surface area contributed by atoms with E-state index in [0.29, 0.717) is 6.42 Å². The van der Waals surface area contributed by atoms with Crippen LogP contribution >= 0.6 is 0 Å². The number of nitrogens with two attached hydrogens (primary N) is 1. The van der Waals surface area contributed by atoms with Gasteiger partial charge in [0.25, 0.3) is 0 Å². The molecule has 4 amide bonds. The number of aliphatic hydroxyl groups excluding tert-OH is 1. The second-order valence-corrected chi connectivity index (χ2v) is 12.3. The van der Waals surface area contributed by atoms with E-state index in [1.54, 1.807) is 6.92 Å². The largest absolute Gasteiger partial charge is 0.460 e. The van der Waals surface area contributed by atoms with Gasteiger partial charge in [-0.25, -0.2) is 4.79 Å². The van der Waals surface area contributed by atoms with Crippen molar-refractivity contribution >= 4 is 29.6 Å². The molecule has 1 rings (SSSR count). The number of allylic oxidation sites excluding steroid dienone is 1. The van der Waals surface area contributed by atoms with Crippen molar-refractivity contribution in [1.29, 1.82) is 0 Å². The quantitative estimate of drug-likeness (QED) is 0.164. The Bertz CT molecular complexity index is 981. The van der Waals surface area contributed by atoms with Gasteiger partial charge in [-0.3, -0.25) is 19.2 Å². The summed E-state index contributed by atoms with van der Waals surface area (Å²) in [7, 11) is 1.35. The van der Waals surface area contributed by atoms with E-state index in [0.717, 1.165) is 42.6 Å². The lowest BCUT2D eigenvalue weighted by atomic mass is 9.88. The van der Waals surface area contributed by atoms with Gasteiger partial charge < -0.3 is 31.1 Å². The normalized spacial score (nSPS) is 23.1. The minimum Gasteiger partial charge on any atom is -0.460 e. The fraction of sp³-hybridized carbons (Fsp3) is 0.719. The van der Waals surface area contributed by atoms with Crippen LogP contribution in [0.3, 0.4) is 0 Å². The van der Waals surface area contributed by atoms with Gasteiger partial charge in [0.1, 0.15) is 6.10 Å². The summed E-state index contributed by atoms with van der Waals surface area (Å²) in [5.41, 5.74) is 5.38. The van der Waals surface area contributed by atoms with Crippen LogP contribution in [-0.2, 0) is 28.7 Å². The molecule has 43 heavy (non-hydrogen) atoms. The minimum absolute atomic E-state index is 0.151. The highest BCUT2D eigenvalue weighted by Crippen LogP contribution is 2.25. The number of carbonyl (C=O) groups is 5. The molecule has 0 bridgehead atoms. The highest BCUT2D eigenvalue weighted by atomic mass is 16.5. The average molecular weight is 607 g/mol. The third kappa shape index (κ3) is 14.7. The first-order valence-electron chi connectivity index (χ1n) is 15.6. The Labute approximate surface area is 257 Å². The Morgan fingerprint density at radius 1 is 1.00 bits per heavy atom. The Morgan fingerprint density at radius 3 is 2.07 bits per heavy atom. The van der Waals surface area contributed by atoms with Gasteiger partial charge in [-0.2, -0.15) is 0 Å². The molecule has 0 unspecified atom stereocenters. The van der Waals surface area contributed by atoms with Crippen LogP contribution in [0.4, 0.5) is 0 Å². The topological polar surface area (TPSA) is 168 Å². The number of aliphatic hydroxyl groups is 1. The molecule has 0 radical (unpaired) electrons. The summed E-state index contributed by atoms with van der Waals surface area (Å²) in [5.74, 6) is -4.58. The van der Waals surface area contributed by atoms with Crippen molar-refractivity contribution in [3.63, 3.8) is 0 Å². The van der Waals surface area contributed by atoms with Gasteiger partial charge >= 0.3 is 5.97 Å². The SMILES string of the molecule is C=C1/C=C/C(=O)N(C)CC(=O)N[C@H]([C@@H](O)C(N)=O)C(=O)O[C@@H]([C@H](C)CCCCCCCCCCCC(C)C)[C@H](C)C(=O)N1. The molecule has 5 atom stereocenters. The smallest absolute Gasteiger partial charge is 0.332 e. The summed E-state index contributed by atoms with van der Waals surface area (Å²) in [6, 6.07) is -1.82. The number of hydrogen-bond acceptors (Lipinski definition) is 7. The molecule has 11 nitrogen and oxygen atoms in total. The number of carbonyl (C=O) groups excluding carboxylic acids is 5. The number of rotatable bonds is 15. The first-order valence-corrected chi connectivity index (χ1v) is 15.6. The van der Waals surface area contributed by atoms with E-state index in [4.69, 9.17) is 10.5 Å². The lowest BCUT2D eigenvalue weighted by Crippen LogP contribution is -2.57. The second-order valence-electron chi connectivity index (χ2n) is 12.3. The second kappa shape index (κ2) is 19.9. The van der Waals surface area contributed by atoms with E-state index in [2.05, 4.69) is 31.1 Å². The Hall–Kier alpha value is -3.21. The van der Waals surface area contributed by atoms with Gasteiger partial charge in [0, 0.05) is 18.8 Å². The van der Waals surface area contributed by atoms with Gasteiger partial charge in [0.2, 0.25) is 23.6 Å². The first kappa shape index (κ1) is 37.8. The molecular formula is C32H54N4O7. The third-order valence-corrected chi connectivity index (χ3v) is 7.81. The molecule has 0 spiro atoms. The number of likely N-dealkylation sites (N-methyl/N-ethyl adjacent to an activating group) is 1. The van der Waals surface area contributed by atoms with Gasteiger partial charge in [-0.15, -0.1) is 0 Å². The molecule has 1 aliphatic heterocycles. The number of nitrogens with one attached hydrogen (secondary N) is 2. The summed E-state index contributed by atoms with van der Waals surface area (Å²) in [6.07, 6.45) is 11.9. The molecular weight excluding hydrogens is 552 g/mol. The summed E-state index contributed by atoms with van der Waals surface area (Å²) in [4.78, 5) is 64.1. The Kier molecular flexibility index (Phi) is 17.5. The molecule has 0 aliphatic carbocycles. The van der Waals surface area contributed by atoms with Crippen LogP contribution in [0.15, 0.2) is 24.4 Å². The molecule has 1 aliphatic rings. The Balaban J connectivity index is 2.91. The lowest BCUT2D eigenvalue weighted by molar-refractivity contribution is -0.165. The van der Waals surface area contributed by atoms with Crippen molar-refractivity contribution in [2.45, 2.75) is 117 Å². The molecule has 5 N–H and O–H groups in total. The van der Waals surface area contributed by atoms with Crippen LogP contribution in [0.25, 0.3) is 0 Å². The number of amides is 4. The molecule has 0 fully saturated rings. The zero-order valence-electron chi connectivity index (χ0n) is 26.7. The fourth-order valence-corrected chi connectivity index (χ4v) is 5.04. The predicted octanol–water partition coefficient (Wildman–Crippen LogP) is 3.11.